The smallest absolute Gasteiger partial charge is 0.0639 e. The maximum absolute atomic E-state index is 6.36. The molecule has 1 saturated heterocycles. The van der Waals surface area contributed by atoms with Gasteiger partial charge in [0.1, 0.15) is 0 Å². The van der Waals surface area contributed by atoms with Crippen LogP contribution < -0.4 is 4.90 Å². The Kier molecular flexibility index (Phi) is 5.28. The largest absolute Gasteiger partial charge is 0.368 e. The van der Waals surface area contributed by atoms with Crippen molar-refractivity contribution in [2.24, 2.45) is 0 Å². The fourth-order valence-electron chi connectivity index (χ4n) is 4.54. The lowest BCUT2D eigenvalue weighted by Crippen LogP contribution is -2.51. The average Bonchev–Trinajstić information content (AvgIpc) is 2.69. The summed E-state index contributed by atoms with van der Waals surface area (Å²) < 4.78 is 0. The van der Waals surface area contributed by atoms with Crippen LogP contribution in [0.1, 0.15) is 37.2 Å². The van der Waals surface area contributed by atoms with E-state index in [1.54, 1.807) is 0 Å². The second-order valence-corrected chi connectivity index (χ2v) is 7.80. The number of halogens is 1. The van der Waals surface area contributed by atoms with Gasteiger partial charge in [-0.3, -0.25) is 4.90 Å². The summed E-state index contributed by atoms with van der Waals surface area (Å²) in [7, 11) is 0. The molecule has 0 atom stereocenters. The summed E-state index contributed by atoms with van der Waals surface area (Å²) in [6, 6.07) is 20.1. The fraction of sp³-hybridized carbons (Fsp3) is 0.455. The van der Waals surface area contributed by atoms with Crippen molar-refractivity contribution in [2.45, 2.75) is 37.6 Å². The zero-order chi connectivity index (χ0) is 17.1. The molecule has 4 rings (SSSR count). The predicted octanol–water partition coefficient (Wildman–Crippen LogP) is 5.19. The van der Waals surface area contributed by atoms with Crippen molar-refractivity contribution in [1.82, 2.24) is 4.90 Å². The van der Waals surface area contributed by atoms with Crippen LogP contribution >= 0.6 is 11.6 Å². The van der Waals surface area contributed by atoms with Crippen molar-refractivity contribution >= 4 is 17.3 Å². The first-order chi connectivity index (χ1) is 12.3. The molecule has 1 aliphatic heterocycles. The lowest BCUT2D eigenvalue weighted by Gasteiger charge is -2.43. The topological polar surface area (TPSA) is 6.48 Å². The average molecular weight is 355 g/mol. The van der Waals surface area contributed by atoms with Gasteiger partial charge in [0.25, 0.3) is 0 Å². The van der Waals surface area contributed by atoms with Gasteiger partial charge in [-0.25, -0.2) is 0 Å². The third-order valence-electron chi connectivity index (χ3n) is 5.99. The highest BCUT2D eigenvalue weighted by Gasteiger charge is 2.29. The maximum atomic E-state index is 6.36. The van der Waals surface area contributed by atoms with Gasteiger partial charge < -0.3 is 4.90 Å². The number of hydrogen-bond donors (Lipinski definition) is 0. The maximum Gasteiger partial charge on any atom is 0.0639 e. The molecule has 132 valence electrons. The van der Waals surface area contributed by atoms with Crippen LogP contribution in [0.15, 0.2) is 54.6 Å². The van der Waals surface area contributed by atoms with E-state index in [4.69, 9.17) is 11.6 Å². The van der Waals surface area contributed by atoms with E-state index in [-0.39, 0.29) is 0 Å². The second kappa shape index (κ2) is 7.80. The summed E-state index contributed by atoms with van der Waals surface area (Å²) in [5, 5.41) is 0.874. The summed E-state index contributed by atoms with van der Waals surface area (Å²) in [6.45, 7) is 4.49. The number of nitrogens with zero attached hydrogens (tertiary/aromatic N) is 2. The van der Waals surface area contributed by atoms with Crippen LogP contribution in [0.2, 0.25) is 5.02 Å². The van der Waals surface area contributed by atoms with Gasteiger partial charge in [0, 0.05) is 32.2 Å². The molecule has 0 bridgehead atoms. The molecule has 2 aromatic rings. The van der Waals surface area contributed by atoms with Crippen LogP contribution in [-0.4, -0.2) is 37.1 Å². The third kappa shape index (κ3) is 3.86. The molecule has 2 aliphatic rings. The van der Waals surface area contributed by atoms with E-state index in [9.17, 15) is 0 Å². The Morgan fingerprint density at radius 3 is 2.04 bits per heavy atom. The molecule has 1 aliphatic carbocycles. The van der Waals surface area contributed by atoms with Crippen LogP contribution in [0.3, 0.4) is 0 Å². The van der Waals surface area contributed by atoms with Gasteiger partial charge in [0.15, 0.2) is 0 Å². The standard InChI is InChI=1S/C22H27ClN2/c23-21-8-4-5-9-22(21)25-16-14-24(15-17-25)20-12-10-19(11-13-20)18-6-2-1-3-7-18/h1-9,19-20H,10-17H2. The minimum atomic E-state index is 0.766. The summed E-state index contributed by atoms with van der Waals surface area (Å²) >= 11 is 6.36. The van der Waals surface area contributed by atoms with Gasteiger partial charge in [0.2, 0.25) is 0 Å². The van der Waals surface area contributed by atoms with Crippen molar-refractivity contribution in [1.29, 1.82) is 0 Å². The normalized spacial score (nSPS) is 25.1. The quantitative estimate of drug-likeness (QED) is 0.748. The Labute approximate surface area is 156 Å². The molecule has 2 aromatic carbocycles. The van der Waals surface area contributed by atoms with E-state index < -0.39 is 0 Å². The van der Waals surface area contributed by atoms with Crippen molar-refractivity contribution < 1.29 is 0 Å². The number of hydrogen-bond acceptors (Lipinski definition) is 2. The molecule has 1 saturated carbocycles. The number of anilines is 1. The Hall–Kier alpha value is -1.51. The third-order valence-corrected chi connectivity index (χ3v) is 6.31. The lowest BCUT2D eigenvalue weighted by atomic mass is 9.81. The van der Waals surface area contributed by atoms with Crippen molar-refractivity contribution in [3.8, 4) is 0 Å². The summed E-state index contributed by atoms with van der Waals surface area (Å²) in [6.07, 6.45) is 5.34. The zero-order valence-electron chi connectivity index (χ0n) is 14.8. The van der Waals surface area contributed by atoms with Crippen LogP contribution in [0.4, 0.5) is 5.69 Å². The molecule has 25 heavy (non-hydrogen) atoms. The minimum Gasteiger partial charge on any atom is -0.368 e. The Bertz CT molecular complexity index is 671. The highest BCUT2D eigenvalue weighted by molar-refractivity contribution is 6.33. The molecule has 2 nitrogen and oxygen atoms in total. The van der Waals surface area contributed by atoms with Gasteiger partial charge >= 0.3 is 0 Å². The van der Waals surface area contributed by atoms with Gasteiger partial charge in [0.05, 0.1) is 10.7 Å². The SMILES string of the molecule is Clc1ccccc1N1CCN(C2CCC(c3ccccc3)CC2)CC1. The minimum absolute atomic E-state index is 0.766. The molecular weight excluding hydrogens is 328 g/mol. The first-order valence-electron chi connectivity index (χ1n) is 9.60. The van der Waals surface area contributed by atoms with Crippen molar-refractivity contribution in [2.75, 3.05) is 31.1 Å². The van der Waals surface area contributed by atoms with Crippen LogP contribution in [0, 0.1) is 0 Å². The van der Waals surface area contributed by atoms with E-state index in [1.165, 1.54) is 36.9 Å². The molecule has 3 heteroatoms. The molecule has 0 aromatic heterocycles. The monoisotopic (exact) mass is 354 g/mol. The predicted molar refractivity (Wildman–Crippen MR) is 107 cm³/mol. The summed E-state index contributed by atoms with van der Waals surface area (Å²) in [4.78, 5) is 5.16. The van der Waals surface area contributed by atoms with Gasteiger partial charge in [-0.1, -0.05) is 54.1 Å². The Morgan fingerprint density at radius 1 is 0.720 bits per heavy atom. The van der Waals surface area contributed by atoms with Gasteiger partial charge in [-0.15, -0.1) is 0 Å². The highest BCUT2D eigenvalue weighted by Crippen LogP contribution is 2.35. The van der Waals surface area contributed by atoms with Crippen LogP contribution in [0.5, 0.6) is 0 Å². The fourth-order valence-corrected chi connectivity index (χ4v) is 4.79. The first-order valence-corrected chi connectivity index (χ1v) is 9.97. The van der Waals surface area contributed by atoms with Crippen LogP contribution in [0.25, 0.3) is 0 Å². The lowest BCUT2D eigenvalue weighted by molar-refractivity contribution is 0.141. The molecular formula is C22H27ClN2. The summed E-state index contributed by atoms with van der Waals surface area (Å²) in [5.41, 5.74) is 2.72. The zero-order valence-corrected chi connectivity index (χ0v) is 15.5. The number of rotatable bonds is 3. The Balaban J connectivity index is 1.30. The van der Waals surface area contributed by atoms with Gasteiger partial charge in [-0.05, 0) is 49.3 Å². The van der Waals surface area contributed by atoms with Crippen molar-refractivity contribution in [3.05, 3.63) is 65.2 Å². The Morgan fingerprint density at radius 2 is 1.36 bits per heavy atom. The van der Waals surface area contributed by atoms with Crippen LogP contribution in [-0.2, 0) is 0 Å². The highest BCUT2D eigenvalue weighted by atomic mass is 35.5. The van der Waals surface area contributed by atoms with E-state index in [0.29, 0.717) is 0 Å². The molecule has 2 fully saturated rings. The summed E-state index contributed by atoms with van der Waals surface area (Å²) in [5.74, 6) is 0.766. The van der Waals surface area contributed by atoms with E-state index in [2.05, 4.69) is 52.3 Å². The van der Waals surface area contributed by atoms with Gasteiger partial charge in [-0.2, -0.15) is 0 Å². The van der Waals surface area contributed by atoms with E-state index in [1.807, 2.05) is 12.1 Å². The number of benzene rings is 2. The molecule has 0 amide bonds. The molecule has 0 radical (unpaired) electrons. The molecule has 0 unspecified atom stereocenters. The first kappa shape index (κ1) is 16.9. The number of para-hydroxylation sites is 1. The van der Waals surface area contributed by atoms with E-state index in [0.717, 1.165) is 43.2 Å². The molecule has 1 heterocycles. The second-order valence-electron chi connectivity index (χ2n) is 7.39. The molecule has 0 spiro atoms. The number of piperazine rings is 1. The molecule has 0 N–H and O–H groups in total. The van der Waals surface area contributed by atoms with Crippen molar-refractivity contribution in [3.63, 3.8) is 0 Å². The van der Waals surface area contributed by atoms with E-state index >= 15 is 0 Å².